The van der Waals surface area contributed by atoms with Gasteiger partial charge >= 0.3 is 0 Å². The molecule has 106 valence electrons. The van der Waals surface area contributed by atoms with Crippen LogP contribution >= 0.6 is 0 Å². The van der Waals surface area contributed by atoms with Gasteiger partial charge in [0.05, 0.1) is 5.69 Å². The molecule has 0 aromatic heterocycles. The Morgan fingerprint density at radius 1 is 1.25 bits per heavy atom. The predicted molar refractivity (Wildman–Crippen MR) is 72.7 cm³/mol. The summed E-state index contributed by atoms with van der Waals surface area (Å²) in [5, 5.41) is 0. The molecule has 1 aliphatic rings. The summed E-state index contributed by atoms with van der Waals surface area (Å²) in [6.45, 7) is 2.50. The minimum Gasteiger partial charge on any atom is -0.312 e. The summed E-state index contributed by atoms with van der Waals surface area (Å²) in [5.74, 6) is -3.87. The van der Waals surface area contributed by atoms with Gasteiger partial charge in [0.25, 0.3) is 5.92 Å². The number of para-hydroxylation sites is 1. The van der Waals surface area contributed by atoms with Crippen molar-refractivity contribution >= 4 is 23.0 Å². The van der Waals surface area contributed by atoms with Crippen LogP contribution in [0.3, 0.4) is 0 Å². The molecule has 1 amide bonds. The molecule has 0 saturated carbocycles. The molecule has 0 bridgehead atoms. The number of carbonyl (C=O) groups excluding carboxylic acids is 2. The van der Waals surface area contributed by atoms with E-state index in [4.69, 9.17) is 0 Å². The van der Waals surface area contributed by atoms with Gasteiger partial charge < -0.3 is 4.90 Å². The van der Waals surface area contributed by atoms with Gasteiger partial charge in [-0.1, -0.05) is 18.2 Å². The fourth-order valence-electron chi connectivity index (χ4n) is 2.35. The fourth-order valence-corrected chi connectivity index (χ4v) is 2.35. The molecule has 0 saturated heterocycles. The lowest BCUT2D eigenvalue weighted by atomic mass is 9.96. The highest BCUT2D eigenvalue weighted by molar-refractivity contribution is 6.01. The van der Waals surface area contributed by atoms with Gasteiger partial charge in [0, 0.05) is 31.0 Å². The molecule has 20 heavy (non-hydrogen) atoms. The molecule has 1 aliphatic heterocycles. The number of hydrogen-bond acceptors (Lipinski definition) is 2. The maximum absolute atomic E-state index is 14.2. The van der Waals surface area contributed by atoms with Crippen molar-refractivity contribution in [2.45, 2.75) is 26.2 Å². The van der Waals surface area contributed by atoms with Crippen LogP contribution in [-0.2, 0) is 9.59 Å². The van der Waals surface area contributed by atoms with Gasteiger partial charge in [-0.3, -0.25) is 9.59 Å². The molecule has 5 heteroatoms. The molecule has 0 aliphatic carbocycles. The number of alkyl halides is 2. The van der Waals surface area contributed by atoms with Gasteiger partial charge in [-0.25, -0.2) is 8.78 Å². The highest BCUT2D eigenvalue weighted by atomic mass is 19.3. The quantitative estimate of drug-likeness (QED) is 0.741. The summed E-state index contributed by atoms with van der Waals surface area (Å²) in [6.07, 6.45) is 0.461. The first-order valence-electron chi connectivity index (χ1n) is 6.31. The number of amides is 1. The first kappa shape index (κ1) is 14.4. The molecule has 0 N–H and O–H groups in total. The molecule has 3 nitrogen and oxygen atoms in total. The average molecular weight is 279 g/mol. The summed E-state index contributed by atoms with van der Waals surface area (Å²) >= 11 is 0. The number of anilines is 1. The maximum Gasteiger partial charge on any atom is 0.275 e. The third kappa shape index (κ3) is 2.61. The van der Waals surface area contributed by atoms with Gasteiger partial charge in [0.15, 0.2) is 5.78 Å². The minimum atomic E-state index is -3.13. The molecule has 0 spiro atoms. The van der Waals surface area contributed by atoms with E-state index in [-0.39, 0.29) is 23.6 Å². The smallest absolute Gasteiger partial charge is 0.275 e. The van der Waals surface area contributed by atoms with Crippen LogP contribution in [0.1, 0.15) is 25.8 Å². The average Bonchev–Trinajstić information content (AvgIpc) is 2.45. The topological polar surface area (TPSA) is 37.4 Å². The fraction of sp³-hybridized carbons (Fsp3) is 0.333. The van der Waals surface area contributed by atoms with Crippen molar-refractivity contribution in [2.75, 3.05) is 11.4 Å². The van der Waals surface area contributed by atoms with Gasteiger partial charge in [-0.05, 0) is 19.1 Å². The van der Waals surface area contributed by atoms with Gasteiger partial charge in [0.1, 0.15) is 0 Å². The van der Waals surface area contributed by atoms with E-state index in [1.807, 2.05) is 0 Å². The standard InChI is InChI=1S/C15H15F2NO2/c1-10(19)9-13-12-5-3-4-6-14(12)18(11(2)20)8-7-15(13,16)17/h3-6,9H,7-8H2,1-2H3/b13-9-. The van der Waals surface area contributed by atoms with Crippen molar-refractivity contribution in [1.82, 2.24) is 0 Å². The molecule has 0 radical (unpaired) electrons. The van der Waals surface area contributed by atoms with E-state index in [9.17, 15) is 18.4 Å². The number of allylic oxidation sites excluding steroid dienone is 2. The van der Waals surface area contributed by atoms with E-state index >= 15 is 0 Å². The normalized spacial score (nSPS) is 19.4. The number of carbonyl (C=O) groups is 2. The molecular formula is C15H15F2NO2. The lowest BCUT2D eigenvalue weighted by Crippen LogP contribution is -2.31. The van der Waals surface area contributed by atoms with Crippen molar-refractivity contribution in [3.8, 4) is 0 Å². The van der Waals surface area contributed by atoms with Crippen molar-refractivity contribution in [1.29, 1.82) is 0 Å². The first-order valence-corrected chi connectivity index (χ1v) is 6.31. The number of hydrogen-bond donors (Lipinski definition) is 0. The van der Waals surface area contributed by atoms with Crippen LogP contribution in [0.15, 0.2) is 30.3 Å². The third-order valence-corrected chi connectivity index (χ3v) is 3.26. The van der Waals surface area contributed by atoms with Gasteiger partial charge in [0.2, 0.25) is 5.91 Å². The van der Waals surface area contributed by atoms with E-state index in [0.717, 1.165) is 6.08 Å². The number of nitrogens with zero attached hydrogens (tertiary/aromatic N) is 1. The molecule has 0 atom stereocenters. The Morgan fingerprint density at radius 3 is 2.50 bits per heavy atom. The highest BCUT2D eigenvalue weighted by Gasteiger charge is 2.40. The minimum absolute atomic E-state index is 0.0748. The molecule has 1 aromatic rings. The monoisotopic (exact) mass is 279 g/mol. The van der Waals surface area contributed by atoms with Crippen LogP contribution in [0.2, 0.25) is 0 Å². The zero-order chi connectivity index (χ0) is 14.9. The molecule has 1 aromatic carbocycles. The van der Waals surface area contributed by atoms with Crippen LogP contribution in [0.5, 0.6) is 0 Å². The lowest BCUT2D eigenvalue weighted by molar-refractivity contribution is -0.116. The summed E-state index contributed by atoms with van der Waals surface area (Å²) in [6, 6.07) is 6.43. The van der Waals surface area contributed by atoms with Crippen molar-refractivity contribution in [3.05, 3.63) is 35.9 Å². The number of halogens is 2. The molecule has 0 unspecified atom stereocenters. The van der Waals surface area contributed by atoms with Crippen molar-refractivity contribution < 1.29 is 18.4 Å². The van der Waals surface area contributed by atoms with E-state index in [0.29, 0.717) is 5.69 Å². The second kappa shape index (κ2) is 5.15. The summed E-state index contributed by atoms with van der Waals surface area (Å²) < 4.78 is 28.5. The Bertz CT molecular complexity index is 593. The van der Waals surface area contributed by atoms with Crippen LogP contribution in [0, 0.1) is 0 Å². The Hall–Kier alpha value is -2.04. The molecule has 1 heterocycles. The Balaban J connectivity index is 2.69. The second-order valence-corrected chi connectivity index (χ2v) is 4.81. The summed E-state index contributed by atoms with van der Waals surface area (Å²) in [7, 11) is 0. The Morgan fingerprint density at radius 2 is 1.90 bits per heavy atom. The summed E-state index contributed by atoms with van der Waals surface area (Å²) in [4.78, 5) is 24.2. The highest BCUT2D eigenvalue weighted by Crippen LogP contribution is 2.42. The van der Waals surface area contributed by atoms with Crippen LogP contribution < -0.4 is 4.90 Å². The lowest BCUT2D eigenvalue weighted by Gasteiger charge is -2.20. The van der Waals surface area contributed by atoms with Crippen LogP contribution in [0.25, 0.3) is 5.57 Å². The number of rotatable bonds is 1. The number of benzene rings is 1. The van der Waals surface area contributed by atoms with Gasteiger partial charge in [-0.2, -0.15) is 0 Å². The Labute approximate surface area is 115 Å². The SMILES string of the molecule is CC(=O)/C=C1/c2ccccc2N(C(C)=O)CCC1(F)F. The largest absolute Gasteiger partial charge is 0.312 e. The van der Waals surface area contributed by atoms with Crippen molar-refractivity contribution in [2.24, 2.45) is 0 Å². The van der Waals surface area contributed by atoms with E-state index in [1.54, 1.807) is 18.2 Å². The zero-order valence-electron chi connectivity index (χ0n) is 11.3. The molecule has 2 rings (SSSR count). The van der Waals surface area contributed by atoms with E-state index in [2.05, 4.69) is 0 Å². The molecule has 0 fully saturated rings. The van der Waals surface area contributed by atoms with Gasteiger partial charge in [-0.15, -0.1) is 0 Å². The molecular weight excluding hydrogens is 264 g/mol. The van der Waals surface area contributed by atoms with E-state index in [1.165, 1.54) is 24.8 Å². The Kier molecular flexibility index (Phi) is 3.70. The third-order valence-electron chi connectivity index (χ3n) is 3.26. The predicted octanol–water partition coefficient (Wildman–Crippen LogP) is 3.05. The van der Waals surface area contributed by atoms with Crippen LogP contribution in [0.4, 0.5) is 14.5 Å². The zero-order valence-corrected chi connectivity index (χ0v) is 11.3. The number of fused-ring (bicyclic) bond motifs is 1. The summed E-state index contributed by atoms with van der Waals surface area (Å²) in [5.41, 5.74) is 0.342. The van der Waals surface area contributed by atoms with Crippen LogP contribution in [-0.4, -0.2) is 24.2 Å². The second-order valence-electron chi connectivity index (χ2n) is 4.81. The first-order chi connectivity index (χ1) is 9.33. The van der Waals surface area contributed by atoms with Crippen molar-refractivity contribution in [3.63, 3.8) is 0 Å². The number of ketones is 1. The maximum atomic E-state index is 14.2. The van der Waals surface area contributed by atoms with E-state index < -0.39 is 18.1 Å².